The largest absolute Gasteiger partial charge is 0.507 e. The number of nitrogens with zero attached hydrogens (tertiary/aromatic N) is 2. The maximum Gasteiger partial charge on any atom is 0.235 e. The Morgan fingerprint density at radius 1 is 1.15 bits per heavy atom. The fraction of sp³-hybridized carbons (Fsp3) is 0.593. The molecule has 3 aliphatic rings. The van der Waals surface area contributed by atoms with Crippen molar-refractivity contribution in [2.75, 3.05) is 59.9 Å². The molecule has 2 saturated carbocycles. The standard InChI is InChI=1S/C27H36N4O8/c1-30(2)15-6-7-16(32)17-13(15)10-26(12-29-8-9-39-5)11-14-20(31(3)4)22(34)18(25(28)37)23(35)27(14,38)24(36)19(26)21(17)33/h6-7,14,18-20,29,32,38H,8-12H2,1-5H3,(H2,28,37)/t14-,18?,19?,20-,26-,27+/m0/s1. The fourth-order valence-electron chi connectivity index (χ4n) is 6.94. The smallest absolute Gasteiger partial charge is 0.235 e. The number of phenolic OH excluding ortho intramolecular Hbond substituents is 1. The molecule has 2 unspecified atom stereocenters. The van der Waals surface area contributed by atoms with Gasteiger partial charge in [-0.15, -0.1) is 0 Å². The fourth-order valence-corrected chi connectivity index (χ4v) is 6.94. The molecule has 0 aliphatic heterocycles. The number of aromatic hydroxyl groups is 1. The lowest BCUT2D eigenvalue weighted by atomic mass is 9.46. The van der Waals surface area contributed by atoms with Crippen LogP contribution in [0.5, 0.6) is 5.75 Å². The number of ketones is 4. The number of primary amides is 1. The van der Waals surface area contributed by atoms with E-state index in [1.165, 1.54) is 18.1 Å². The number of carbonyl (C=O) groups excluding carboxylic acids is 5. The highest BCUT2D eigenvalue weighted by Crippen LogP contribution is 2.57. The molecule has 3 aliphatic carbocycles. The number of hydrogen-bond acceptors (Lipinski definition) is 11. The highest BCUT2D eigenvalue weighted by atomic mass is 16.5. The summed E-state index contributed by atoms with van der Waals surface area (Å²) in [5.74, 6) is -10.2. The number of phenols is 1. The van der Waals surface area contributed by atoms with Crippen LogP contribution in [0.1, 0.15) is 22.3 Å². The molecule has 12 heteroatoms. The first-order chi connectivity index (χ1) is 18.2. The van der Waals surface area contributed by atoms with E-state index in [9.17, 15) is 34.2 Å². The molecule has 6 atom stereocenters. The quantitative estimate of drug-likeness (QED) is 0.222. The van der Waals surface area contributed by atoms with Crippen LogP contribution >= 0.6 is 0 Å². The summed E-state index contributed by atoms with van der Waals surface area (Å²) >= 11 is 0. The van der Waals surface area contributed by atoms with E-state index in [1.807, 2.05) is 0 Å². The van der Waals surface area contributed by atoms with Crippen LogP contribution in [0.25, 0.3) is 0 Å². The van der Waals surface area contributed by atoms with E-state index in [0.717, 1.165) is 0 Å². The maximum atomic E-state index is 14.3. The third kappa shape index (κ3) is 4.17. The molecule has 39 heavy (non-hydrogen) atoms. The van der Waals surface area contributed by atoms with E-state index >= 15 is 0 Å². The number of rotatable bonds is 8. The molecule has 212 valence electrons. The van der Waals surface area contributed by atoms with Crippen LogP contribution in [-0.2, 0) is 30.3 Å². The minimum Gasteiger partial charge on any atom is -0.507 e. The number of nitrogens with one attached hydrogen (secondary N) is 1. The Hall–Kier alpha value is -3.19. The summed E-state index contributed by atoms with van der Waals surface area (Å²) in [6.45, 7) is 0.886. The number of methoxy groups -OCH3 is 1. The lowest BCUT2D eigenvalue weighted by Crippen LogP contribution is -2.76. The lowest BCUT2D eigenvalue weighted by Gasteiger charge is -2.57. The molecule has 0 spiro atoms. The van der Waals surface area contributed by atoms with Crippen molar-refractivity contribution in [2.45, 2.75) is 24.5 Å². The number of Topliss-reactive ketones (excluding diaryl/α,β-unsaturated/α-hetero) is 4. The van der Waals surface area contributed by atoms with Gasteiger partial charge in [-0.3, -0.25) is 28.9 Å². The number of fused-ring (bicyclic) bond motifs is 3. The Balaban J connectivity index is 1.96. The summed E-state index contributed by atoms with van der Waals surface area (Å²) < 4.78 is 5.13. The normalized spacial score (nSPS) is 32.1. The van der Waals surface area contributed by atoms with Crippen molar-refractivity contribution in [1.82, 2.24) is 10.2 Å². The zero-order valence-electron chi connectivity index (χ0n) is 22.8. The van der Waals surface area contributed by atoms with Crippen molar-refractivity contribution >= 4 is 34.7 Å². The first-order valence-electron chi connectivity index (χ1n) is 12.8. The number of likely N-dealkylation sites (N-methyl/N-ethyl adjacent to an activating group) is 1. The van der Waals surface area contributed by atoms with Gasteiger partial charge in [0.25, 0.3) is 0 Å². The molecule has 0 heterocycles. The van der Waals surface area contributed by atoms with E-state index in [4.69, 9.17) is 10.5 Å². The van der Waals surface area contributed by atoms with Crippen LogP contribution in [0, 0.1) is 23.2 Å². The number of hydrogen-bond donors (Lipinski definition) is 4. The van der Waals surface area contributed by atoms with Gasteiger partial charge in [-0.2, -0.15) is 0 Å². The minimum absolute atomic E-state index is 0.0379. The highest BCUT2D eigenvalue weighted by Gasteiger charge is 2.72. The number of aliphatic hydroxyl groups is 1. The van der Waals surface area contributed by atoms with Gasteiger partial charge in [0.05, 0.1) is 24.1 Å². The number of benzene rings is 1. The van der Waals surface area contributed by atoms with Crippen molar-refractivity contribution < 1.29 is 38.9 Å². The molecular formula is C27H36N4O8. The lowest BCUT2D eigenvalue weighted by molar-refractivity contribution is -0.186. The zero-order chi connectivity index (χ0) is 29.0. The van der Waals surface area contributed by atoms with E-state index in [0.29, 0.717) is 24.4 Å². The first kappa shape index (κ1) is 28.8. The van der Waals surface area contributed by atoms with Crippen LogP contribution in [0.4, 0.5) is 5.69 Å². The van der Waals surface area contributed by atoms with Crippen molar-refractivity contribution in [1.29, 1.82) is 0 Å². The van der Waals surface area contributed by atoms with Crippen molar-refractivity contribution in [3.63, 3.8) is 0 Å². The van der Waals surface area contributed by atoms with Crippen LogP contribution in [0.3, 0.4) is 0 Å². The summed E-state index contributed by atoms with van der Waals surface area (Å²) in [5.41, 5.74) is 2.63. The van der Waals surface area contributed by atoms with Gasteiger partial charge in [0.2, 0.25) is 5.91 Å². The molecule has 0 saturated heterocycles. The SMILES string of the molecule is COCCNC[C@@]12Cc3c(N(C)C)ccc(O)c3C(=O)C1C(=O)[C@]1(O)C(=O)C(C(N)=O)C(=O)[C@@H](N(C)C)[C@@H]1C2. The summed E-state index contributed by atoms with van der Waals surface area (Å²) in [7, 11) is 8.24. The number of anilines is 1. The summed E-state index contributed by atoms with van der Waals surface area (Å²) in [6, 6.07) is 1.87. The third-order valence-electron chi connectivity index (χ3n) is 8.59. The molecular weight excluding hydrogens is 508 g/mol. The Morgan fingerprint density at radius 3 is 2.38 bits per heavy atom. The number of amides is 1. The predicted molar refractivity (Wildman–Crippen MR) is 139 cm³/mol. The molecule has 4 rings (SSSR count). The second-order valence-corrected chi connectivity index (χ2v) is 11.3. The number of carbonyl (C=O) groups is 5. The van der Waals surface area contributed by atoms with Gasteiger partial charge in [-0.05, 0) is 44.6 Å². The Bertz CT molecular complexity index is 1250. The van der Waals surface area contributed by atoms with Crippen molar-refractivity contribution in [3.05, 3.63) is 23.3 Å². The van der Waals surface area contributed by atoms with Crippen molar-refractivity contribution in [2.24, 2.45) is 28.9 Å². The minimum atomic E-state index is -2.79. The average Bonchev–Trinajstić information content (AvgIpc) is 2.83. The van der Waals surface area contributed by atoms with E-state index in [2.05, 4.69) is 5.32 Å². The molecule has 2 fully saturated rings. The van der Waals surface area contributed by atoms with Gasteiger partial charge in [0.15, 0.2) is 34.7 Å². The van der Waals surface area contributed by atoms with Gasteiger partial charge < -0.3 is 30.9 Å². The van der Waals surface area contributed by atoms with Crippen LogP contribution in [0.15, 0.2) is 12.1 Å². The van der Waals surface area contributed by atoms with Gasteiger partial charge in [0, 0.05) is 51.3 Å². The molecule has 5 N–H and O–H groups in total. The molecule has 0 aromatic heterocycles. The maximum absolute atomic E-state index is 14.3. The van der Waals surface area contributed by atoms with E-state index in [1.54, 1.807) is 39.2 Å². The van der Waals surface area contributed by atoms with Gasteiger partial charge in [0.1, 0.15) is 5.75 Å². The molecule has 1 amide bonds. The zero-order valence-corrected chi connectivity index (χ0v) is 22.8. The third-order valence-corrected chi connectivity index (χ3v) is 8.59. The topological polar surface area (TPSA) is 180 Å². The summed E-state index contributed by atoms with van der Waals surface area (Å²) in [6.07, 6.45) is 0.0974. The van der Waals surface area contributed by atoms with Crippen LogP contribution in [0.2, 0.25) is 0 Å². The van der Waals surface area contributed by atoms with E-state index in [-0.39, 0.29) is 30.7 Å². The van der Waals surface area contributed by atoms with Gasteiger partial charge >= 0.3 is 0 Å². The molecule has 0 bridgehead atoms. The second kappa shape index (κ2) is 10.1. The summed E-state index contributed by atoms with van der Waals surface area (Å²) in [5, 5.41) is 25.8. The van der Waals surface area contributed by atoms with Crippen LogP contribution in [-0.4, -0.2) is 111 Å². The Labute approximate surface area is 226 Å². The second-order valence-electron chi connectivity index (χ2n) is 11.3. The van der Waals surface area contributed by atoms with Gasteiger partial charge in [-0.25, -0.2) is 0 Å². The Kier molecular flexibility index (Phi) is 7.45. The van der Waals surface area contributed by atoms with E-state index < -0.39 is 63.9 Å². The first-order valence-corrected chi connectivity index (χ1v) is 12.8. The van der Waals surface area contributed by atoms with Gasteiger partial charge in [-0.1, -0.05) is 0 Å². The molecule has 12 nitrogen and oxygen atoms in total. The molecule has 0 radical (unpaired) electrons. The van der Waals surface area contributed by atoms with Crippen LogP contribution < -0.4 is 16.0 Å². The Morgan fingerprint density at radius 2 is 1.82 bits per heavy atom. The average molecular weight is 545 g/mol. The monoisotopic (exact) mass is 544 g/mol. The van der Waals surface area contributed by atoms with Crippen molar-refractivity contribution in [3.8, 4) is 5.75 Å². The number of ether oxygens (including phenoxy) is 1. The summed E-state index contributed by atoms with van der Waals surface area (Å²) in [4.78, 5) is 70.8. The molecule has 1 aromatic carbocycles. The predicted octanol–water partition coefficient (Wildman–Crippen LogP) is -1.46. The number of nitrogens with two attached hydrogens (primary N) is 1. The molecule has 1 aromatic rings. The highest BCUT2D eigenvalue weighted by molar-refractivity contribution is 6.32.